The second-order valence-electron chi connectivity index (χ2n) is 9.94. The molecule has 37 heavy (non-hydrogen) atoms. The van der Waals surface area contributed by atoms with Gasteiger partial charge < -0.3 is 19.7 Å². The van der Waals surface area contributed by atoms with Gasteiger partial charge in [0.05, 0.1) is 16.4 Å². The molecule has 2 heterocycles. The average molecular weight is 581 g/mol. The minimum atomic E-state index is -1.71. The third kappa shape index (κ3) is 7.96. The van der Waals surface area contributed by atoms with Crippen molar-refractivity contribution in [2.75, 3.05) is 13.2 Å². The summed E-state index contributed by atoms with van der Waals surface area (Å²) in [4.78, 5) is 39.7. The van der Waals surface area contributed by atoms with Gasteiger partial charge in [0.15, 0.2) is 11.6 Å². The SMILES string of the molecule is CC(C(=O)N1C(=O)OCC1Cc1ccccc1)C1OC(O)(CCCCCCCCCCO)C(Br)=CC1=O. The number of amides is 2. The van der Waals surface area contributed by atoms with Crippen molar-refractivity contribution >= 4 is 33.7 Å². The Kier molecular flexibility index (Phi) is 11.3. The van der Waals surface area contributed by atoms with Crippen LogP contribution in [-0.2, 0) is 25.5 Å². The van der Waals surface area contributed by atoms with Crippen LogP contribution < -0.4 is 0 Å². The zero-order chi connectivity index (χ0) is 26.8. The topological polar surface area (TPSA) is 113 Å². The van der Waals surface area contributed by atoms with Crippen LogP contribution in [-0.4, -0.2) is 64.0 Å². The highest BCUT2D eigenvalue weighted by molar-refractivity contribution is 9.11. The highest BCUT2D eigenvalue weighted by atomic mass is 79.9. The Morgan fingerprint density at radius 1 is 1.08 bits per heavy atom. The minimum Gasteiger partial charge on any atom is -0.447 e. The lowest BCUT2D eigenvalue weighted by molar-refractivity contribution is -0.217. The predicted octanol–water partition coefficient (Wildman–Crippen LogP) is 4.65. The Morgan fingerprint density at radius 3 is 2.35 bits per heavy atom. The molecule has 0 radical (unpaired) electrons. The normalized spacial score (nSPS) is 24.6. The Hall–Kier alpha value is -2.07. The number of nitrogens with zero attached hydrogens (tertiary/aromatic N) is 1. The van der Waals surface area contributed by atoms with Crippen LogP contribution in [0.4, 0.5) is 4.79 Å². The maximum absolute atomic E-state index is 13.4. The summed E-state index contributed by atoms with van der Waals surface area (Å²) in [5.41, 5.74) is 0.965. The number of ketones is 1. The molecule has 2 N–H and O–H groups in total. The summed E-state index contributed by atoms with van der Waals surface area (Å²) in [5.74, 6) is -3.69. The van der Waals surface area contributed by atoms with Gasteiger partial charge in [-0.1, -0.05) is 75.8 Å². The van der Waals surface area contributed by atoms with E-state index in [-0.39, 0.29) is 24.1 Å². The zero-order valence-corrected chi connectivity index (χ0v) is 23.0. The molecule has 0 spiro atoms. The first-order valence-corrected chi connectivity index (χ1v) is 14.0. The molecule has 2 amide bonds. The number of carbonyl (C=O) groups is 3. The number of unbranched alkanes of at least 4 members (excludes halogenated alkanes) is 7. The molecular weight excluding hydrogens is 542 g/mol. The molecule has 2 aliphatic rings. The van der Waals surface area contributed by atoms with Crippen molar-refractivity contribution in [2.24, 2.45) is 5.92 Å². The molecule has 0 aliphatic carbocycles. The molecule has 204 valence electrons. The summed E-state index contributed by atoms with van der Waals surface area (Å²) in [5, 5.41) is 20.0. The van der Waals surface area contributed by atoms with E-state index >= 15 is 0 Å². The fourth-order valence-corrected chi connectivity index (χ4v) is 5.34. The van der Waals surface area contributed by atoms with E-state index in [9.17, 15) is 19.5 Å². The first-order valence-electron chi connectivity index (χ1n) is 13.2. The van der Waals surface area contributed by atoms with E-state index in [1.165, 1.54) is 6.08 Å². The van der Waals surface area contributed by atoms with Crippen LogP contribution in [0.2, 0.25) is 0 Å². The molecule has 9 heteroatoms. The number of ether oxygens (including phenoxy) is 2. The van der Waals surface area contributed by atoms with Gasteiger partial charge in [-0.2, -0.15) is 0 Å². The van der Waals surface area contributed by atoms with Crippen LogP contribution in [0.15, 0.2) is 40.9 Å². The van der Waals surface area contributed by atoms with Crippen LogP contribution in [0, 0.1) is 5.92 Å². The van der Waals surface area contributed by atoms with Crippen LogP contribution in [0.5, 0.6) is 0 Å². The number of carbonyl (C=O) groups excluding carboxylic acids is 3. The van der Waals surface area contributed by atoms with Gasteiger partial charge in [-0.15, -0.1) is 0 Å². The molecule has 4 unspecified atom stereocenters. The largest absolute Gasteiger partial charge is 0.447 e. The molecule has 0 aromatic heterocycles. The van der Waals surface area contributed by atoms with Gasteiger partial charge in [0.1, 0.15) is 12.7 Å². The maximum atomic E-state index is 13.4. The second-order valence-corrected chi connectivity index (χ2v) is 10.8. The van der Waals surface area contributed by atoms with Crippen molar-refractivity contribution < 1.29 is 34.1 Å². The quantitative estimate of drug-likeness (QED) is 0.308. The molecule has 1 fully saturated rings. The Morgan fingerprint density at radius 2 is 1.70 bits per heavy atom. The molecule has 0 bridgehead atoms. The standard InChI is InChI=1S/C28H38BrNO7/c1-20(26(33)30-22(19-36-27(30)34)17-21-13-9-8-10-14-21)25-23(32)18-24(29)28(35,37-25)15-11-6-4-2-3-5-7-12-16-31/h8-10,13-14,18,20,22,25,31,35H,2-7,11-12,15-17,19H2,1H3. The first-order chi connectivity index (χ1) is 17.8. The Bertz CT molecular complexity index is 953. The van der Waals surface area contributed by atoms with Crippen molar-refractivity contribution in [1.29, 1.82) is 0 Å². The van der Waals surface area contributed by atoms with Gasteiger partial charge >= 0.3 is 6.09 Å². The number of rotatable bonds is 14. The summed E-state index contributed by atoms with van der Waals surface area (Å²) in [6.45, 7) is 1.87. The van der Waals surface area contributed by atoms with Crippen LogP contribution in [0.3, 0.4) is 0 Å². The molecule has 4 atom stereocenters. The summed E-state index contributed by atoms with van der Waals surface area (Å²) >= 11 is 3.28. The highest BCUT2D eigenvalue weighted by Gasteiger charge is 2.48. The lowest BCUT2D eigenvalue weighted by Crippen LogP contribution is -2.52. The molecule has 0 saturated carbocycles. The van der Waals surface area contributed by atoms with E-state index in [1.54, 1.807) is 6.92 Å². The lowest BCUT2D eigenvalue weighted by atomic mass is 9.93. The number of hydrogen-bond donors (Lipinski definition) is 2. The molecule has 1 saturated heterocycles. The van der Waals surface area contributed by atoms with Crippen molar-refractivity contribution in [3.63, 3.8) is 0 Å². The van der Waals surface area contributed by atoms with Gasteiger partial charge in [-0.05, 0) is 46.8 Å². The monoisotopic (exact) mass is 579 g/mol. The van der Waals surface area contributed by atoms with Gasteiger partial charge in [-0.25, -0.2) is 9.69 Å². The lowest BCUT2D eigenvalue weighted by Gasteiger charge is -2.37. The molecular formula is C28H38BrNO7. The van der Waals surface area contributed by atoms with Gasteiger partial charge in [0.25, 0.3) is 0 Å². The number of hydrogen-bond acceptors (Lipinski definition) is 7. The summed E-state index contributed by atoms with van der Waals surface area (Å²) in [6, 6.07) is 9.03. The van der Waals surface area contributed by atoms with Crippen molar-refractivity contribution in [3.05, 3.63) is 46.5 Å². The minimum absolute atomic E-state index is 0.0858. The van der Waals surface area contributed by atoms with Crippen LogP contribution in [0.25, 0.3) is 0 Å². The first kappa shape index (κ1) is 29.5. The third-order valence-electron chi connectivity index (χ3n) is 7.02. The van der Waals surface area contributed by atoms with Gasteiger partial charge in [0.2, 0.25) is 5.91 Å². The van der Waals surface area contributed by atoms with E-state index in [2.05, 4.69) is 15.9 Å². The Balaban J connectivity index is 1.57. The molecule has 8 nitrogen and oxygen atoms in total. The van der Waals surface area contributed by atoms with Crippen molar-refractivity contribution in [1.82, 2.24) is 4.90 Å². The van der Waals surface area contributed by atoms with E-state index < -0.39 is 41.6 Å². The number of aliphatic hydroxyl groups is 2. The summed E-state index contributed by atoms with van der Waals surface area (Å²) in [7, 11) is 0. The number of aliphatic hydroxyl groups excluding tert-OH is 1. The van der Waals surface area contributed by atoms with E-state index in [0.29, 0.717) is 12.8 Å². The molecule has 1 aromatic rings. The fraction of sp³-hybridized carbons (Fsp3) is 0.607. The zero-order valence-electron chi connectivity index (χ0n) is 21.4. The van der Waals surface area contributed by atoms with Crippen molar-refractivity contribution in [2.45, 2.75) is 89.1 Å². The van der Waals surface area contributed by atoms with E-state index in [0.717, 1.165) is 55.4 Å². The smallest absolute Gasteiger partial charge is 0.416 e. The van der Waals surface area contributed by atoms with E-state index in [1.807, 2.05) is 30.3 Å². The van der Waals surface area contributed by atoms with Gasteiger partial charge in [0, 0.05) is 13.0 Å². The van der Waals surface area contributed by atoms with Gasteiger partial charge in [-0.3, -0.25) is 9.59 Å². The number of imide groups is 1. The molecule has 3 rings (SSSR count). The molecule has 2 aliphatic heterocycles. The van der Waals surface area contributed by atoms with E-state index in [4.69, 9.17) is 14.6 Å². The van der Waals surface area contributed by atoms with Crippen LogP contribution >= 0.6 is 15.9 Å². The second kappa shape index (κ2) is 14.2. The van der Waals surface area contributed by atoms with Crippen LogP contribution in [0.1, 0.15) is 70.3 Å². The summed E-state index contributed by atoms with van der Waals surface area (Å²) in [6.07, 6.45) is 7.87. The maximum Gasteiger partial charge on any atom is 0.416 e. The van der Waals surface area contributed by atoms with Crippen molar-refractivity contribution in [3.8, 4) is 0 Å². The summed E-state index contributed by atoms with van der Waals surface area (Å²) < 4.78 is 11.3. The number of benzene rings is 1. The third-order valence-corrected chi connectivity index (χ3v) is 7.87. The Labute approximate surface area is 227 Å². The molecule has 1 aromatic carbocycles. The number of halogens is 1. The number of cyclic esters (lactones) is 1. The fourth-order valence-electron chi connectivity index (χ4n) is 4.82. The average Bonchev–Trinajstić information content (AvgIpc) is 3.24. The predicted molar refractivity (Wildman–Crippen MR) is 142 cm³/mol. The highest BCUT2D eigenvalue weighted by Crippen LogP contribution is 2.37.